The molecule has 28 heavy (non-hydrogen) atoms. The number of carbonyl (C=O) groups is 2. The molecule has 0 radical (unpaired) electrons. The second kappa shape index (κ2) is 18.8. The summed E-state index contributed by atoms with van der Waals surface area (Å²) in [5, 5.41) is 7.53. The summed E-state index contributed by atoms with van der Waals surface area (Å²) in [7, 11) is 0. The Morgan fingerprint density at radius 1 is 1.11 bits per heavy atom. The maximum absolute atomic E-state index is 12.0. The van der Waals surface area contributed by atoms with Gasteiger partial charge in [-0.3, -0.25) is 9.59 Å². The molecule has 0 aromatic heterocycles. The van der Waals surface area contributed by atoms with Crippen LogP contribution in [-0.4, -0.2) is 23.4 Å². The number of nitrogens with one attached hydrogen (secondary N) is 1. The number of aliphatic carboxylic acids is 1. The van der Waals surface area contributed by atoms with E-state index in [2.05, 4.69) is 72.0 Å². The molecule has 2 N–H and O–H groups in total. The van der Waals surface area contributed by atoms with E-state index in [1.165, 1.54) is 11.1 Å². The zero-order chi connectivity index (χ0) is 22.0. The van der Waals surface area contributed by atoms with Crippen LogP contribution >= 0.6 is 0 Å². The van der Waals surface area contributed by atoms with Crippen molar-refractivity contribution in [3.63, 3.8) is 0 Å². The predicted octanol–water partition coefficient (Wildman–Crippen LogP) is 6.52. The van der Waals surface area contributed by atoms with Crippen molar-refractivity contribution in [2.45, 2.75) is 67.7 Å². The van der Waals surface area contributed by atoms with E-state index in [9.17, 15) is 9.59 Å². The van der Waals surface area contributed by atoms with Crippen molar-refractivity contribution >= 4 is 11.8 Å². The predicted molar refractivity (Wildman–Crippen MR) is 117 cm³/mol. The van der Waals surface area contributed by atoms with Gasteiger partial charge in [0.1, 0.15) is 5.78 Å². The minimum Gasteiger partial charge on any atom is -0.668 e. The average Bonchev–Trinajstić information content (AvgIpc) is 2.63. The summed E-state index contributed by atoms with van der Waals surface area (Å²) in [6.45, 7) is 20.0. The van der Waals surface area contributed by atoms with Gasteiger partial charge in [-0.1, -0.05) is 77.9 Å². The van der Waals surface area contributed by atoms with E-state index in [1.807, 2.05) is 13.8 Å². The Hall–Kier alpha value is -2.94. The second-order valence-electron chi connectivity index (χ2n) is 7.20. The van der Waals surface area contributed by atoms with Gasteiger partial charge in [0.25, 0.3) is 5.97 Å². The van der Waals surface area contributed by atoms with E-state index in [1.54, 1.807) is 0 Å². The number of rotatable bonds is 6. The maximum Gasteiger partial charge on any atom is 0.282 e. The van der Waals surface area contributed by atoms with Crippen molar-refractivity contribution in [1.29, 1.82) is 0 Å². The number of hydrogen-bond acceptors (Lipinski definition) is 2. The second-order valence-corrected chi connectivity index (χ2v) is 7.20. The standard InChI is InChI=1S/C17H26O.C2H4NO2.C2H6.C2H4.Fm/c1-13-6-9-15(10-7-13)11-8-14(2)16(18)12-17(3,4)5;3-1-2(4)5;2*1-2;/h6-7,9-10,14H,8,11-12H2,1-5H3;3H,1H2,(H,4,5);1-2H3;1-2H2;/q;-1;;;. The van der Waals surface area contributed by atoms with Crippen LogP contribution in [0.3, 0.4) is 0 Å². The minimum absolute atomic E-state index is 0. The smallest absolute Gasteiger partial charge is 0.282 e. The van der Waals surface area contributed by atoms with E-state index in [0.29, 0.717) is 12.2 Å². The van der Waals surface area contributed by atoms with Crippen LogP contribution in [0.1, 0.15) is 65.5 Å². The van der Waals surface area contributed by atoms with Gasteiger partial charge < -0.3 is 10.8 Å². The molecule has 0 heterocycles. The first-order valence-corrected chi connectivity index (χ1v) is 9.50. The Labute approximate surface area is 166 Å². The van der Waals surface area contributed by atoms with Crippen molar-refractivity contribution in [2.24, 2.45) is 11.3 Å². The zero-order valence-electron chi connectivity index (χ0n) is 18.7. The molecule has 1 aromatic carbocycles. The van der Waals surface area contributed by atoms with Crippen molar-refractivity contribution in [3.05, 3.63) is 54.3 Å². The van der Waals surface area contributed by atoms with E-state index in [4.69, 9.17) is 10.8 Å². The zero-order valence-corrected chi connectivity index (χ0v) is 21.1. The van der Waals surface area contributed by atoms with E-state index in [-0.39, 0.29) is 11.3 Å². The monoisotopic (exact) mass is 635 g/mol. The largest absolute Gasteiger partial charge is 0.668 e. The molecule has 0 amide bonds. The third kappa shape index (κ3) is 21.1. The Morgan fingerprint density at radius 2 is 1.50 bits per heavy atom. The van der Waals surface area contributed by atoms with Gasteiger partial charge in [-0.15, -0.1) is 13.2 Å². The number of carboxylic acids is 1. The van der Waals surface area contributed by atoms with Gasteiger partial charge in [0, 0.05) is 12.3 Å². The summed E-state index contributed by atoms with van der Waals surface area (Å²) in [5.74, 6) is -0.509. The molecule has 0 aliphatic carbocycles. The molecule has 0 saturated carbocycles. The van der Waals surface area contributed by atoms with Crippen LogP contribution < -0.4 is 0 Å². The molecule has 1 aromatic rings. The Morgan fingerprint density at radius 3 is 1.82 bits per heavy atom. The summed E-state index contributed by atoms with van der Waals surface area (Å²) in [6.07, 6.45) is 2.64. The Balaban J connectivity index is -0.000000246. The number of carboxylic acid groups (broad SMARTS) is 1. The number of hydrogen-bond donors (Lipinski definition) is 1. The van der Waals surface area contributed by atoms with Gasteiger partial charge in [-0.05, 0) is 30.7 Å². The third-order valence-electron chi connectivity index (χ3n) is 3.39. The van der Waals surface area contributed by atoms with Crippen LogP contribution in [0.25, 0.3) is 5.73 Å². The van der Waals surface area contributed by atoms with E-state index < -0.39 is 12.5 Å². The topological polar surface area (TPSA) is 78.2 Å². The number of carbonyl (C=O) groups excluding carboxylic acids is 1. The van der Waals surface area contributed by atoms with E-state index >= 15 is 0 Å². The molecule has 0 bridgehead atoms. The Bertz CT molecular complexity index is 508. The van der Waals surface area contributed by atoms with Gasteiger partial charge >= 0.3 is 0 Å². The molecule has 168 valence electrons. The molecule has 1 unspecified atom stereocenters. The average molecular weight is 636 g/mol. The molecular weight excluding hydrogens is 595 g/mol. The van der Waals surface area contributed by atoms with Crippen molar-refractivity contribution < 1.29 is 14.7 Å². The first kappa shape index (κ1) is 32.7. The van der Waals surface area contributed by atoms with Gasteiger partial charge in [0.15, 0.2) is 0 Å². The van der Waals surface area contributed by atoms with E-state index in [0.717, 1.165) is 12.8 Å². The van der Waals surface area contributed by atoms with Crippen molar-refractivity contribution in [3.8, 4) is 0 Å². The number of aryl methyl sites for hydroxylation is 2. The summed E-state index contributed by atoms with van der Waals surface area (Å²) >= 11 is 0. The molecule has 0 aliphatic rings. The maximum atomic E-state index is 12.0. The summed E-state index contributed by atoms with van der Waals surface area (Å²) in [4.78, 5) is 21.2. The molecule has 0 fully saturated rings. The fourth-order valence-electron chi connectivity index (χ4n) is 2.00. The van der Waals surface area contributed by atoms with Gasteiger partial charge in [-0.25, -0.2) is 0 Å². The SMILES string of the molecule is C=C.CC.Cc1ccc(CCC(C)C(=O)CC(C)(C)C)cc1.[Fm].[NH-]CC(=O)O. The van der Waals surface area contributed by atoms with Gasteiger partial charge in [-0.2, -0.15) is 0 Å². The van der Waals surface area contributed by atoms with Gasteiger partial charge in [0.2, 0.25) is 0 Å². The molecule has 0 aliphatic heterocycles. The number of benzene rings is 1. The van der Waals surface area contributed by atoms with Crippen molar-refractivity contribution in [2.75, 3.05) is 6.54 Å². The van der Waals surface area contributed by atoms with Crippen LogP contribution in [-0.2, 0) is 16.0 Å². The first-order chi connectivity index (χ1) is 12.5. The Kier molecular flexibility index (Phi) is 22.0. The van der Waals surface area contributed by atoms with Crippen LogP contribution in [0.2, 0.25) is 0 Å². The normalized spacial score (nSPS) is 10.3. The number of ketones is 1. The van der Waals surface area contributed by atoms with Crippen molar-refractivity contribution in [1.82, 2.24) is 0 Å². The molecule has 1 atom stereocenters. The minimum atomic E-state index is -1.08. The quantitative estimate of drug-likeness (QED) is 0.362. The molecule has 0 saturated heterocycles. The molecule has 5 heteroatoms. The summed E-state index contributed by atoms with van der Waals surface area (Å²) in [5.41, 5.74) is 8.78. The van der Waals surface area contributed by atoms with Gasteiger partial charge in [0.05, 0.1) is 0 Å². The first-order valence-electron chi connectivity index (χ1n) is 9.50. The number of Topliss-reactive ketones (excluding diaryl/α,β-unsaturated/α-hetero) is 1. The third-order valence-corrected chi connectivity index (χ3v) is 3.39. The fraction of sp³-hybridized carbons (Fsp3) is 0.565. The molecule has 0 spiro atoms. The molecule has 4 nitrogen and oxygen atoms in total. The van der Waals surface area contributed by atoms with Crippen LogP contribution in [0.4, 0.5) is 0 Å². The molecular formula is C23H40FmNO3-. The summed E-state index contributed by atoms with van der Waals surface area (Å²) < 4.78 is 0. The van der Waals surface area contributed by atoms with Crippen LogP contribution in [0.15, 0.2) is 37.4 Å². The van der Waals surface area contributed by atoms with Crippen LogP contribution in [0, 0.1) is 18.3 Å². The fourth-order valence-corrected chi connectivity index (χ4v) is 2.00. The summed E-state index contributed by atoms with van der Waals surface area (Å²) in [6, 6.07) is 8.60. The van der Waals surface area contributed by atoms with Crippen LogP contribution in [0.5, 0.6) is 0 Å². The molecule has 1 rings (SSSR count).